The highest BCUT2D eigenvalue weighted by Gasteiger charge is 2.27. The lowest BCUT2D eigenvalue weighted by molar-refractivity contribution is -0.121. The molecule has 2 amide bonds. The van der Waals surface area contributed by atoms with Gasteiger partial charge in [-0.25, -0.2) is 0 Å². The summed E-state index contributed by atoms with van der Waals surface area (Å²) in [4.78, 5) is 26.8. The Kier molecular flexibility index (Phi) is 5.61. The van der Waals surface area contributed by atoms with Crippen molar-refractivity contribution in [1.29, 1.82) is 0 Å². The molecule has 2 aromatic rings. The zero-order valence-electron chi connectivity index (χ0n) is 15.3. The summed E-state index contributed by atoms with van der Waals surface area (Å²) in [5.74, 6) is 0.723. The standard InChI is InChI=1S/C20H25N3O3/c1-3-26-18-8-4-6-16(11-18)20(25)23-13-15(10-19(24)21-2)12-22-9-5-7-17(22)14-23/h4-9,11,15H,3,10,12-14H2,1-2H3,(H,21,24)/t15-/m1/s1. The van der Waals surface area contributed by atoms with Crippen molar-refractivity contribution in [1.82, 2.24) is 14.8 Å². The van der Waals surface area contributed by atoms with Gasteiger partial charge < -0.3 is 19.5 Å². The third kappa shape index (κ3) is 4.07. The summed E-state index contributed by atoms with van der Waals surface area (Å²) >= 11 is 0. The summed E-state index contributed by atoms with van der Waals surface area (Å²) in [6.07, 6.45) is 2.41. The van der Waals surface area contributed by atoms with Gasteiger partial charge in [-0.15, -0.1) is 0 Å². The highest BCUT2D eigenvalue weighted by Crippen LogP contribution is 2.22. The van der Waals surface area contributed by atoms with E-state index in [2.05, 4.69) is 9.88 Å². The van der Waals surface area contributed by atoms with E-state index in [9.17, 15) is 9.59 Å². The highest BCUT2D eigenvalue weighted by molar-refractivity contribution is 5.94. The summed E-state index contributed by atoms with van der Waals surface area (Å²) in [5.41, 5.74) is 1.69. The van der Waals surface area contributed by atoms with Crippen LogP contribution >= 0.6 is 0 Å². The van der Waals surface area contributed by atoms with Crippen molar-refractivity contribution in [2.75, 3.05) is 20.2 Å². The summed E-state index contributed by atoms with van der Waals surface area (Å²) in [7, 11) is 1.64. The molecule has 1 atom stereocenters. The van der Waals surface area contributed by atoms with Gasteiger partial charge in [0.2, 0.25) is 5.91 Å². The molecule has 0 saturated heterocycles. The minimum absolute atomic E-state index is 0.00338. The van der Waals surface area contributed by atoms with Crippen LogP contribution in [0.4, 0.5) is 0 Å². The molecule has 1 aromatic heterocycles. The molecule has 1 aliphatic rings. The number of benzene rings is 1. The first-order valence-corrected chi connectivity index (χ1v) is 8.97. The van der Waals surface area contributed by atoms with Crippen LogP contribution in [0.1, 0.15) is 29.4 Å². The Balaban J connectivity index is 1.84. The SMILES string of the molecule is CCOc1cccc(C(=O)N2Cc3cccn3C[C@@H](CC(=O)NC)C2)c1. The largest absolute Gasteiger partial charge is 0.494 e. The second-order valence-electron chi connectivity index (χ2n) is 6.54. The topological polar surface area (TPSA) is 63.6 Å². The fourth-order valence-corrected chi connectivity index (χ4v) is 3.40. The Morgan fingerprint density at radius 2 is 2.08 bits per heavy atom. The van der Waals surface area contributed by atoms with E-state index < -0.39 is 0 Å². The zero-order chi connectivity index (χ0) is 18.5. The van der Waals surface area contributed by atoms with Crippen molar-refractivity contribution in [3.63, 3.8) is 0 Å². The predicted octanol–water partition coefficient (Wildman–Crippen LogP) is 2.30. The van der Waals surface area contributed by atoms with E-state index >= 15 is 0 Å². The molecular formula is C20H25N3O3. The summed E-state index contributed by atoms with van der Waals surface area (Å²) in [6.45, 7) is 4.30. The van der Waals surface area contributed by atoms with E-state index in [1.165, 1.54) is 0 Å². The summed E-state index contributed by atoms with van der Waals surface area (Å²) in [5, 5.41) is 2.68. The van der Waals surface area contributed by atoms with Crippen molar-refractivity contribution in [2.24, 2.45) is 5.92 Å². The van der Waals surface area contributed by atoms with Crippen LogP contribution in [0.5, 0.6) is 5.75 Å². The van der Waals surface area contributed by atoms with Crippen LogP contribution in [0.2, 0.25) is 0 Å². The number of amides is 2. The molecule has 0 spiro atoms. The molecule has 0 radical (unpaired) electrons. The molecule has 0 aliphatic carbocycles. The van der Waals surface area contributed by atoms with Gasteiger partial charge in [0.25, 0.3) is 5.91 Å². The van der Waals surface area contributed by atoms with Gasteiger partial charge in [0.15, 0.2) is 0 Å². The molecule has 3 rings (SSSR count). The normalized spacial score (nSPS) is 16.5. The van der Waals surface area contributed by atoms with Crippen molar-refractivity contribution in [3.05, 3.63) is 53.9 Å². The minimum Gasteiger partial charge on any atom is -0.494 e. The molecule has 26 heavy (non-hydrogen) atoms. The second-order valence-corrected chi connectivity index (χ2v) is 6.54. The van der Waals surface area contributed by atoms with Gasteiger partial charge in [-0.3, -0.25) is 9.59 Å². The number of carbonyl (C=O) groups excluding carboxylic acids is 2. The van der Waals surface area contributed by atoms with Crippen LogP contribution in [0.15, 0.2) is 42.6 Å². The predicted molar refractivity (Wildman–Crippen MR) is 99.0 cm³/mol. The Morgan fingerprint density at radius 1 is 1.23 bits per heavy atom. The van der Waals surface area contributed by atoms with Crippen LogP contribution < -0.4 is 10.1 Å². The van der Waals surface area contributed by atoms with E-state index in [1.54, 1.807) is 13.1 Å². The van der Waals surface area contributed by atoms with Crippen molar-refractivity contribution in [2.45, 2.75) is 26.4 Å². The highest BCUT2D eigenvalue weighted by atomic mass is 16.5. The maximum atomic E-state index is 13.1. The number of ether oxygens (including phenoxy) is 1. The van der Waals surface area contributed by atoms with E-state index in [4.69, 9.17) is 4.74 Å². The maximum Gasteiger partial charge on any atom is 0.254 e. The molecule has 1 N–H and O–H groups in total. The fraction of sp³-hybridized carbons (Fsp3) is 0.400. The lowest BCUT2D eigenvalue weighted by atomic mass is 10.0. The van der Waals surface area contributed by atoms with Crippen molar-refractivity contribution < 1.29 is 14.3 Å². The Bertz CT molecular complexity index is 784. The van der Waals surface area contributed by atoms with Crippen molar-refractivity contribution >= 4 is 11.8 Å². The smallest absolute Gasteiger partial charge is 0.254 e. The number of aromatic nitrogens is 1. The monoisotopic (exact) mass is 355 g/mol. The number of hydrogen-bond acceptors (Lipinski definition) is 3. The summed E-state index contributed by atoms with van der Waals surface area (Å²) < 4.78 is 7.65. The van der Waals surface area contributed by atoms with Gasteiger partial charge in [0, 0.05) is 49.9 Å². The van der Waals surface area contributed by atoms with Crippen LogP contribution in [0.25, 0.3) is 0 Å². The average Bonchev–Trinajstić information content (AvgIpc) is 3.00. The minimum atomic E-state index is -0.0388. The number of hydrogen-bond donors (Lipinski definition) is 1. The first kappa shape index (κ1) is 18.0. The maximum absolute atomic E-state index is 13.1. The zero-order valence-corrected chi connectivity index (χ0v) is 15.3. The molecule has 0 unspecified atom stereocenters. The number of nitrogens with zero attached hydrogens (tertiary/aromatic N) is 2. The van der Waals surface area contributed by atoms with Gasteiger partial charge in [0.05, 0.1) is 13.2 Å². The van der Waals surface area contributed by atoms with Gasteiger partial charge in [0.1, 0.15) is 5.75 Å². The lowest BCUT2D eigenvalue weighted by Gasteiger charge is -2.24. The molecule has 6 nitrogen and oxygen atoms in total. The van der Waals surface area contributed by atoms with E-state index in [0.29, 0.717) is 37.4 Å². The van der Waals surface area contributed by atoms with Gasteiger partial charge in [-0.1, -0.05) is 6.07 Å². The number of carbonyl (C=O) groups is 2. The fourth-order valence-electron chi connectivity index (χ4n) is 3.40. The Labute approximate surface area is 153 Å². The second kappa shape index (κ2) is 8.08. The van der Waals surface area contributed by atoms with Crippen LogP contribution in [0, 0.1) is 5.92 Å². The molecule has 6 heteroatoms. The molecule has 0 fully saturated rings. The Morgan fingerprint density at radius 3 is 2.85 bits per heavy atom. The van der Waals surface area contributed by atoms with Gasteiger partial charge in [-0.2, -0.15) is 0 Å². The molecule has 0 bridgehead atoms. The van der Waals surface area contributed by atoms with Crippen molar-refractivity contribution in [3.8, 4) is 5.75 Å². The van der Waals surface area contributed by atoms with E-state index in [-0.39, 0.29) is 17.7 Å². The van der Waals surface area contributed by atoms with Gasteiger partial charge in [-0.05, 0) is 37.3 Å². The number of fused-ring (bicyclic) bond motifs is 1. The first-order chi connectivity index (χ1) is 12.6. The molecule has 138 valence electrons. The van der Waals surface area contributed by atoms with Gasteiger partial charge >= 0.3 is 0 Å². The molecule has 1 aromatic carbocycles. The lowest BCUT2D eigenvalue weighted by Crippen LogP contribution is -2.35. The van der Waals surface area contributed by atoms with Crippen LogP contribution in [0.3, 0.4) is 0 Å². The molecule has 0 saturated carbocycles. The molecule has 1 aliphatic heterocycles. The average molecular weight is 355 g/mol. The third-order valence-corrected chi connectivity index (χ3v) is 4.64. The van der Waals surface area contributed by atoms with E-state index in [0.717, 1.165) is 12.2 Å². The molecule has 2 heterocycles. The quantitative estimate of drug-likeness (QED) is 0.895. The molecular weight excluding hydrogens is 330 g/mol. The summed E-state index contributed by atoms with van der Waals surface area (Å²) in [6, 6.07) is 11.3. The Hall–Kier alpha value is -2.76. The van der Waals surface area contributed by atoms with Crippen LogP contribution in [-0.2, 0) is 17.9 Å². The van der Waals surface area contributed by atoms with Crippen LogP contribution in [-0.4, -0.2) is 41.5 Å². The van der Waals surface area contributed by atoms with E-state index in [1.807, 2.05) is 48.4 Å². The number of rotatable bonds is 5. The number of nitrogens with one attached hydrogen (secondary N) is 1. The third-order valence-electron chi connectivity index (χ3n) is 4.64. The first-order valence-electron chi connectivity index (χ1n) is 8.97.